The van der Waals surface area contributed by atoms with Gasteiger partial charge in [0.1, 0.15) is 11.8 Å². The Morgan fingerprint density at radius 1 is 1.07 bits per heavy atom. The Hall–Kier alpha value is -2.78. The van der Waals surface area contributed by atoms with Crippen molar-refractivity contribution >= 4 is 35.2 Å². The molecule has 3 aliphatic heterocycles. The first-order valence-corrected chi connectivity index (χ1v) is 16.7. The van der Waals surface area contributed by atoms with Crippen molar-refractivity contribution in [3.05, 3.63) is 49.6 Å². The first kappa shape index (κ1) is 33.1. The van der Waals surface area contributed by atoms with Crippen molar-refractivity contribution in [3.8, 4) is 5.75 Å². The van der Waals surface area contributed by atoms with Crippen LogP contribution in [0.15, 0.2) is 49.6 Å². The summed E-state index contributed by atoms with van der Waals surface area (Å²) >= 11 is 1.71. The van der Waals surface area contributed by atoms with Crippen LogP contribution in [-0.2, 0) is 14.4 Å². The second kappa shape index (κ2) is 14.3. The quantitative estimate of drug-likeness (QED) is 0.196. The van der Waals surface area contributed by atoms with Crippen LogP contribution in [0.25, 0.3) is 0 Å². The Bertz CT molecular complexity index is 1180. The summed E-state index contributed by atoms with van der Waals surface area (Å²) in [5.41, 5.74) is 0.731. The molecule has 9 heteroatoms. The number of ether oxygens (including phenoxy) is 1. The number of carbonyl (C=O) groups excluding carboxylic acids is 3. The standard InChI is InChI=1S/C34H49N3O5S/c1-6-10-22-35(20-7-2)32(41)29-34-19-18-33(5,43-34)27(28(34)31(40)37(29)23-12-11-13-24-38)30(39)36(21-8-3)25-14-16-26(17-15-25)42-9-4/h7-8,14-17,27-29,38H,2-3,6,9-13,18-24H2,1,4-5H3/t27-,28+,29?,33+,34?/m1/s1. The fraction of sp³-hybridized carbons (Fsp3) is 0.618. The molecule has 3 aliphatic rings. The van der Waals surface area contributed by atoms with Gasteiger partial charge in [-0.3, -0.25) is 14.4 Å². The van der Waals surface area contributed by atoms with E-state index in [-0.39, 0.29) is 24.3 Å². The number of carbonyl (C=O) groups is 3. The molecule has 43 heavy (non-hydrogen) atoms. The predicted octanol–water partition coefficient (Wildman–Crippen LogP) is 5.06. The van der Waals surface area contributed by atoms with Gasteiger partial charge >= 0.3 is 0 Å². The van der Waals surface area contributed by atoms with E-state index in [9.17, 15) is 19.5 Å². The normalized spacial score (nSPS) is 27.2. The van der Waals surface area contributed by atoms with Gasteiger partial charge in [0.2, 0.25) is 17.7 Å². The van der Waals surface area contributed by atoms with Gasteiger partial charge in [0.05, 0.1) is 23.2 Å². The zero-order valence-electron chi connectivity index (χ0n) is 26.1. The lowest BCUT2D eigenvalue weighted by Gasteiger charge is -2.38. The van der Waals surface area contributed by atoms with Gasteiger partial charge in [-0.1, -0.05) is 25.5 Å². The van der Waals surface area contributed by atoms with Gasteiger partial charge in [0.15, 0.2) is 0 Å². The van der Waals surface area contributed by atoms with E-state index in [0.29, 0.717) is 45.6 Å². The van der Waals surface area contributed by atoms with E-state index in [2.05, 4.69) is 27.0 Å². The van der Waals surface area contributed by atoms with Crippen molar-refractivity contribution in [2.24, 2.45) is 11.8 Å². The Morgan fingerprint density at radius 3 is 2.42 bits per heavy atom. The van der Waals surface area contributed by atoms with E-state index in [4.69, 9.17) is 4.74 Å². The number of anilines is 1. The maximum absolute atomic E-state index is 14.6. The third-order valence-corrected chi connectivity index (χ3v) is 11.3. The van der Waals surface area contributed by atoms with E-state index in [1.807, 2.05) is 36.1 Å². The molecule has 1 spiro atoms. The smallest absolute Gasteiger partial charge is 0.247 e. The number of rotatable bonds is 17. The molecule has 0 saturated carbocycles. The molecule has 2 bridgehead atoms. The number of thioether (sulfide) groups is 1. The second-order valence-corrected chi connectivity index (χ2v) is 14.0. The third kappa shape index (κ3) is 6.25. The van der Waals surface area contributed by atoms with Crippen LogP contribution in [0.1, 0.15) is 65.7 Å². The number of amides is 3. The van der Waals surface area contributed by atoms with E-state index in [1.165, 1.54) is 0 Å². The number of unbranched alkanes of at least 4 members (excludes halogenated alkanes) is 3. The number of hydrogen-bond donors (Lipinski definition) is 1. The van der Waals surface area contributed by atoms with Crippen LogP contribution in [0.2, 0.25) is 0 Å². The molecule has 0 aromatic heterocycles. The molecule has 3 amide bonds. The largest absolute Gasteiger partial charge is 0.494 e. The van der Waals surface area contributed by atoms with Gasteiger partial charge in [-0.15, -0.1) is 24.9 Å². The van der Waals surface area contributed by atoms with Crippen molar-refractivity contribution in [1.29, 1.82) is 0 Å². The lowest BCUT2D eigenvalue weighted by Crippen LogP contribution is -2.55. The molecule has 0 aliphatic carbocycles. The average Bonchev–Trinajstić information content (AvgIpc) is 3.56. The number of nitrogens with zero attached hydrogens (tertiary/aromatic N) is 3. The molecule has 0 radical (unpaired) electrons. The number of aliphatic hydroxyl groups excluding tert-OH is 1. The monoisotopic (exact) mass is 611 g/mol. The van der Waals surface area contributed by atoms with Crippen LogP contribution in [0.5, 0.6) is 5.75 Å². The number of aliphatic hydroxyl groups is 1. The first-order valence-electron chi connectivity index (χ1n) is 15.9. The molecule has 1 aromatic carbocycles. The molecular weight excluding hydrogens is 562 g/mol. The molecular formula is C34H49N3O5S. The van der Waals surface area contributed by atoms with Crippen molar-refractivity contribution in [3.63, 3.8) is 0 Å². The Balaban J connectivity index is 1.73. The highest BCUT2D eigenvalue weighted by Crippen LogP contribution is 2.71. The second-order valence-electron chi connectivity index (χ2n) is 12.1. The summed E-state index contributed by atoms with van der Waals surface area (Å²) in [5, 5.41) is 9.33. The van der Waals surface area contributed by atoms with Gasteiger partial charge in [-0.25, -0.2) is 0 Å². The Morgan fingerprint density at radius 2 is 1.79 bits per heavy atom. The lowest BCUT2D eigenvalue weighted by molar-refractivity contribution is -0.143. The van der Waals surface area contributed by atoms with Gasteiger partial charge < -0.3 is 24.5 Å². The number of hydrogen-bond acceptors (Lipinski definition) is 6. The van der Waals surface area contributed by atoms with Gasteiger partial charge in [0.25, 0.3) is 0 Å². The van der Waals surface area contributed by atoms with Crippen LogP contribution in [0.4, 0.5) is 5.69 Å². The molecule has 3 heterocycles. The SMILES string of the molecule is C=CCN(CCCC)C(=O)C1N(CCCCCO)C(=O)[C@@H]2[C@H](C(=O)N(CC=C)c3ccc(OCC)cc3)[C@]3(C)CCC12S3. The summed E-state index contributed by atoms with van der Waals surface area (Å²) in [7, 11) is 0. The van der Waals surface area contributed by atoms with Crippen LogP contribution in [0.3, 0.4) is 0 Å². The minimum atomic E-state index is -0.662. The molecule has 8 nitrogen and oxygen atoms in total. The highest BCUT2D eigenvalue weighted by molar-refractivity contribution is 8.02. The third-order valence-electron chi connectivity index (χ3n) is 9.31. The van der Waals surface area contributed by atoms with E-state index >= 15 is 0 Å². The Labute approximate surface area is 261 Å². The highest BCUT2D eigenvalue weighted by Gasteiger charge is 2.77. The zero-order valence-corrected chi connectivity index (χ0v) is 26.9. The maximum atomic E-state index is 14.6. The lowest BCUT2D eigenvalue weighted by atomic mass is 9.66. The van der Waals surface area contributed by atoms with Crippen molar-refractivity contribution in [2.45, 2.75) is 81.3 Å². The molecule has 2 unspecified atom stereocenters. The minimum Gasteiger partial charge on any atom is -0.494 e. The highest BCUT2D eigenvalue weighted by atomic mass is 32.2. The molecule has 4 rings (SSSR count). The number of likely N-dealkylation sites (tertiary alicyclic amines) is 1. The van der Waals surface area contributed by atoms with Gasteiger partial charge in [-0.2, -0.15) is 0 Å². The minimum absolute atomic E-state index is 0.0364. The summed E-state index contributed by atoms with van der Waals surface area (Å²) in [6.07, 6.45) is 8.90. The van der Waals surface area contributed by atoms with E-state index < -0.39 is 27.4 Å². The number of benzene rings is 1. The van der Waals surface area contributed by atoms with Crippen LogP contribution in [-0.4, -0.2) is 87.6 Å². The first-order chi connectivity index (χ1) is 20.7. The van der Waals surface area contributed by atoms with Crippen LogP contribution in [0, 0.1) is 11.8 Å². The van der Waals surface area contributed by atoms with Gasteiger partial charge in [-0.05, 0) is 76.6 Å². The fourth-order valence-electron chi connectivity index (χ4n) is 7.37. The summed E-state index contributed by atoms with van der Waals surface area (Å²) < 4.78 is 4.48. The van der Waals surface area contributed by atoms with E-state index in [0.717, 1.165) is 43.5 Å². The van der Waals surface area contributed by atoms with Crippen molar-refractivity contribution < 1.29 is 24.2 Å². The predicted molar refractivity (Wildman–Crippen MR) is 173 cm³/mol. The molecule has 3 fully saturated rings. The van der Waals surface area contributed by atoms with Crippen LogP contribution < -0.4 is 9.64 Å². The molecule has 236 valence electrons. The molecule has 1 aromatic rings. The summed E-state index contributed by atoms with van der Waals surface area (Å²) in [4.78, 5) is 48.9. The Kier molecular flexibility index (Phi) is 11.0. The van der Waals surface area contributed by atoms with E-state index in [1.54, 1.807) is 33.7 Å². The number of fused-ring (bicyclic) bond motifs is 1. The summed E-state index contributed by atoms with van der Waals surface area (Å²) in [5.74, 6) is -0.633. The van der Waals surface area contributed by atoms with Crippen LogP contribution >= 0.6 is 11.8 Å². The topological polar surface area (TPSA) is 90.4 Å². The van der Waals surface area contributed by atoms with Gasteiger partial charge in [0, 0.05) is 43.2 Å². The molecule has 1 N–H and O–H groups in total. The van der Waals surface area contributed by atoms with Crippen molar-refractivity contribution in [1.82, 2.24) is 9.80 Å². The zero-order chi connectivity index (χ0) is 31.2. The maximum Gasteiger partial charge on any atom is 0.247 e. The summed E-state index contributed by atoms with van der Waals surface area (Å²) in [6, 6.07) is 6.84. The molecule has 5 atom stereocenters. The fourth-order valence-corrected chi connectivity index (χ4v) is 9.71. The van der Waals surface area contributed by atoms with Crippen molar-refractivity contribution in [2.75, 3.05) is 44.3 Å². The molecule has 3 saturated heterocycles. The summed E-state index contributed by atoms with van der Waals surface area (Å²) in [6.45, 7) is 16.4. The average molecular weight is 612 g/mol.